The maximum Gasteiger partial charge on any atom is 0.231 e. The first-order chi connectivity index (χ1) is 13.1. The molecule has 4 rings (SSSR count). The van der Waals surface area contributed by atoms with E-state index in [9.17, 15) is 9.18 Å². The van der Waals surface area contributed by atoms with Crippen molar-refractivity contribution >= 4 is 5.91 Å². The molecule has 1 fully saturated rings. The SMILES string of the molecule is C[C@@H](NC(=O)C1(c2cccc(F)c2)CCC1)c1ccc(-n2cncn2)cc1. The van der Waals surface area contributed by atoms with E-state index in [4.69, 9.17) is 0 Å². The summed E-state index contributed by atoms with van der Waals surface area (Å²) in [6, 6.07) is 14.1. The number of carbonyl (C=O) groups excluding carboxylic acids is 1. The van der Waals surface area contributed by atoms with Gasteiger partial charge in [0.2, 0.25) is 5.91 Å². The van der Waals surface area contributed by atoms with E-state index in [1.165, 1.54) is 18.5 Å². The Hall–Kier alpha value is -3.02. The van der Waals surface area contributed by atoms with Gasteiger partial charge in [0.1, 0.15) is 18.5 Å². The van der Waals surface area contributed by atoms with E-state index < -0.39 is 5.41 Å². The molecule has 1 aromatic heterocycles. The average molecular weight is 364 g/mol. The van der Waals surface area contributed by atoms with Gasteiger partial charge in [-0.2, -0.15) is 5.10 Å². The van der Waals surface area contributed by atoms with Crippen molar-refractivity contribution in [3.05, 3.63) is 78.1 Å². The lowest BCUT2D eigenvalue weighted by molar-refractivity contribution is -0.130. The number of amides is 1. The van der Waals surface area contributed by atoms with Crippen LogP contribution in [0.1, 0.15) is 43.4 Å². The second-order valence-corrected chi connectivity index (χ2v) is 7.07. The fraction of sp³-hybridized carbons (Fsp3) is 0.286. The quantitative estimate of drug-likeness (QED) is 0.751. The molecule has 1 aliphatic rings. The third kappa shape index (κ3) is 3.23. The second kappa shape index (κ2) is 6.95. The molecule has 6 heteroatoms. The van der Waals surface area contributed by atoms with Gasteiger partial charge in [-0.25, -0.2) is 14.1 Å². The molecule has 1 amide bonds. The second-order valence-electron chi connectivity index (χ2n) is 7.07. The summed E-state index contributed by atoms with van der Waals surface area (Å²) in [6.07, 6.45) is 5.60. The van der Waals surface area contributed by atoms with Crippen molar-refractivity contribution in [2.24, 2.45) is 0 Å². The van der Waals surface area contributed by atoms with E-state index in [1.54, 1.807) is 17.1 Å². The topological polar surface area (TPSA) is 59.8 Å². The molecular weight excluding hydrogens is 343 g/mol. The summed E-state index contributed by atoms with van der Waals surface area (Å²) in [5, 5.41) is 7.22. The number of hydrogen-bond donors (Lipinski definition) is 1. The first kappa shape index (κ1) is 17.4. The summed E-state index contributed by atoms with van der Waals surface area (Å²) in [5.41, 5.74) is 2.06. The van der Waals surface area contributed by atoms with E-state index in [-0.39, 0.29) is 17.8 Å². The van der Waals surface area contributed by atoms with Gasteiger partial charge in [-0.05, 0) is 55.2 Å². The highest BCUT2D eigenvalue weighted by molar-refractivity contribution is 5.89. The Morgan fingerprint density at radius 2 is 2.00 bits per heavy atom. The number of carbonyl (C=O) groups is 1. The summed E-state index contributed by atoms with van der Waals surface area (Å²) >= 11 is 0. The summed E-state index contributed by atoms with van der Waals surface area (Å²) in [7, 11) is 0. The van der Waals surface area contributed by atoms with Gasteiger partial charge < -0.3 is 5.32 Å². The molecule has 0 unspecified atom stereocenters. The number of benzene rings is 2. The molecular formula is C21H21FN4O. The molecule has 1 saturated carbocycles. The molecule has 138 valence electrons. The van der Waals surface area contributed by atoms with Gasteiger partial charge in [-0.1, -0.05) is 30.7 Å². The molecule has 3 aromatic rings. The highest BCUT2D eigenvalue weighted by Gasteiger charge is 2.46. The highest BCUT2D eigenvalue weighted by atomic mass is 19.1. The molecule has 0 spiro atoms. The molecule has 0 radical (unpaired) electrons. The van der Waals surface area contributed by atoms with Gasteiger partial charge in [0.15, 0.2) is 0 Å². The number of aromatic nitrogens is 3. The van der Waals surface area contributed by atoms with Gasteiger partial charge >= 0.3 is 0 Å². The van der Waals surface area contributed by atoms with Crippen LogP contribution < -0.4 is 5.32 Å². The number of halogens is 1. The van der Waals surface area contributed by atoms with Crippen molar-refractivity contribution < 1.29 is 9.18 Å². The molecule has 0 bridgehead atoms. The maximum absolute atomic E-state index is 13.7. The Kier molecular flexibility index (Phi) is 4.48. The average Bonchev–Trinajstić information content (AvgIpc) is 3.15. The zero-order valence-corrected chi connectivity index (χ0v) is 15.1. The minimum absolute atomic E-state index is 0.0350. The van der Waals surface area contributed by atoms with Crippen molar-refractivity contribution in [1.82, 2.24) is 20.1 Å². The number of nitrogens with zero attached hydrogens (tertiary/aromatic N) is 3. The lowest BCUT2D eigenvalue weighted by Gasteiger charge is -2.41. The summed E-state index contributed by atoms with van der Waals surface area (Å²) in [5.74, 6) is -0.337. The van der Waals surface area contributed by atoms with Crippen molar-refractivity contribution in [3.8, 4) is 5.69 Å². The number of nitrogens with one attached hydrogen (secondary N) is 1. The molecule has 0 aliphatic heterocycles. The fourth-order valence-electron chi connectivity index (χ4n) is 3.64. The van der Waals surface area contributed by atoms with Crippen LogP contribution in [0.5, 0.6) is 0 Å². The molecule has 1 aliphatic carbocycles. The van der Waals surface area contributed by atoms with Crippen LogP contribution in [0.25, 0.3) is 5.69 Å². The minimum Gasteiger partial charge on any atom is -0.349 e. The molecule has 0 saturated heterocycles. The smallest absolute Gasteiger partial charge is 0.231 e. The van der Waals surface area contributed by atoms with E-state index in [0.29, 0.717) is 0 Å². The molecule has 1 N–H and O–H groups in total. The minimum atomic E-state index is -0.614. The van der Waals surface area contributed by atoms with Crippen molar-refractivity contribution in [3.63, 3.8) is 0 Å². The fourth-order valence-corrected chi connectivity index (χ4v) is 3.64. The van der Waals surface area contributed by atoms with Crippen molar-refractivity contribution in [1.29, 1.82) is 0 Å². The van der Waals surface area contributed by atoms with Crippen LogP contribution in [-0.2, 0) is 10.2 Å². The molecule has 2 aromatic carbocycles. The van der Waals surface area contributed by atoms with Crippen LogP contribution in [0.3, 0.4) is 0 Å². The van der Waals surface area contributed by atoms with E-state index in [1.807, 2.05) is 37.3 Å². The number of hydrogen-bond acceptors (Lipinski definition) is 3. The van der Waals surface area contributed by atoms with Crippen molar-refractivity contribution in [2.75, 3.05) is 0 Å². The standard InChI is InChI=1S/C21H21FN4O/c1-15(16-6-8-19(9-7-16)26-14-23-13-24-26)25-20(27)21(10-3-11-21)17-4-2-5-18(22)12-17/h2,4-9,12-15H,3,10-11H2,1H3,(H,25,27)/t15-/m1/s1. The predicted molar refractivity (Wildman–Crippen MR) is 99.8 cm³/mol. The lowest BCUT2D eigenvalue weighted by Crippen LogP contribution is -2.49. The first-order valence-corrected chi connectivity index (χ1v) is 9.10. The third-order valence-electron chi connectivity index (χ3n) is 5.44. The molecule has 1 heterocycles. The Bertz CT molecular complexity index is 933. The Morgan fingerprint density at radius 1 is 1.22 bits per heavy atom. The monoisotopic (exact) mass is 364 g/mol. The van der Waals surface area contributed by atoms with Gasteiger partial charge in [0.25, 0.3) is 0 Å². The number of rotatable bonds is 5. The lowest BCUT2D eigenvalue weighted by atomic mass is 9.63. The van der Waals surface area contributed by atoms with Gasteiger partial charge in [0, 0.05) is 0 Å². The van der Waals surface area contributed by atoms with Gasteiger partial charge in [-0.3, -0.25) is 4.79 Å². The van der Waals surface area contributed by atoms with Crippen LogP contribution in [-0.4, -0.2) is 20.7 Å². The molecule has 1 atom stereocenters. The third-order valence-corrected chi connectivity index (χ3v) is 5.44. The maximum atomic E-state index is 13.7. The predicted octanol–water partition coefficient (Wildman–Crippen LogP) is 3.71. The van der Waals surface area contributed by atoms with Gasteiger partial charge in [-0.15, -0.1) is 0 Å². The van der Waals surface area contributed by atoms with E-state index >= 15 is 0 Å². The first-order valence-electron chi connectivity index (χ1n) is 9.10. The van der Waals surface area contributed by atoms with Crippen LogP contribution >= 0.6 is 0 Å². The molecule has 27 heavy (non-hydrogen) atoms. The van der Waals surface area contributed by atoms with Crippen molar-refractivity contribution in [2.45, 2.75) is 37.6 Å². The Labute approximate surface area is 157 Å². The van der Waals surface area contributed by atoms with E-state index in [0.717, 1.165) is 36.1 Å². The highest BCUT2D eigenvalue weighted by Crippen LogP contribution is 2.44. The van der Waals surface area contributed by atoms with Gasteiger partial charge in [0.05, 0.1) is 17.1 Å². The van der Waals surface area contributed by atoms with E-state index in [2.05, 4.69) is 15.4 Å². The van der Waals surface area contributed by atoms with Crippen LogP contribution in [0.2, 0.25) is 0 Å². The summed E-state index contributed by atoms with van der Waals surface area (Å²) < 4.78 is 15.3. The zero-order valence-electron chi connectivity index (χ0n) is 15.1. The molecule has 5 nitrogen and oxygen atoms in total. The van der Waals surface area contributed by atoms with Crippen LogP contribution in [0.4, 0.5) is 4.39 Å². The Morgan fingerprint density at radius 3 is 2.59 bits per heavy atom. The zero-order chi connectivity index (χ0) is 18.9. The summed E-state index contributed by atoms with van der Waals surface area (Å²) in [6.45, 7) is 1.96. The summed E-state index contributed by atoms with van der Waals surface area (Å²) in [4.78, 5) is 17.0. The largest absolute Gasteiger partial charge is 0.349 e. The van der Waals surface area contributed by atoms with Crippen LogP contribution in [0.15, 0.2) is 61.2 Å². The Balaban J connectivity index is 1.50. The van der Waals surface area contributed by atoms with Crippen LogP contribution in [0, 0.1) is 5.82 Å². The normalized spacial score (nSPS) is 16.4.